The van der Waals surface area contributed by atoms with Crippen LogP contribution in [0.3, 0.4) is 0 Å². The van der Waals surface area contributed by atoms with Crippen LogP contribution in [-0.4, -0.2) is 29.7 Å². The van der Waals surface area contributed by atoms with E-state index in [1.165, 1.54) is 0 Å². The summed E-state index contributed by atoms with van der Waals surface area (Å²) in [6.45, 7) is 8.14. The summed E-state index contributed by atoms with van der Waals surface area (Å²) in [4.78, 5) is 13.2. The van der Waals surface area contributed by atoms with Gasteiger partial charge in [-0.3, -0.25) is 10.1 Å². The fraction of sp³-hybridized carbons (Fsp3) is 0.647. The zero-order valence-electron chi connectivity index (χ0n) is 13.5. The molecule has 2 saturated heterocycles. The highest BCUT2D eigenvalue weighted by Gasteiger charge is 2.48. The Bertz CT molecular complexity index is 587. The van der Waals surface area contributed by atoms with Crippen LogP contribution in [0.25, 0.3) is 0 Å². The molecule has 2 heterocycles. The standard InChI is InChI=1S/C17H24N2O3/c1-13-10-17(11-16(2,3)22-12-17)8-9-18(13)14-6-4-5-7-15(14)19(20)21/h4-7,13H,8-12H2,1-3H3/t13-,17-/m1/s1. The van der Waals surface area contributed by atoms with Crippen molar-refractivity contribution in [2.45, 2.75) is 51.7 Å². The Kier molecular flexibility index (Phi) is 3.63. The van der Waals surface area contributed by atoms with Gasteiger partial charge in [0.1, 0.15) is 5.69 Å². The molecule has 0 bridgehead atoms. The Hall–Kier alpha value is -1.62. The molecular weight excluding hydrogens is 280 g/mol. The van der Waals surface area contributed by atoms with Crippen molar-refractivity contribution in [2.24, 2.45) is 5.41 Å². The molecule has 2 fully saturated rings. The maximum atomic E-state index is 11.3. The molecule has 0 N–H and O–H groups in total. The zero-order chi connectivity index (χ0) is 16.0. The van der Waals surface area contributed by atoms with Gasteiger partial charge in [-0.2, -0.15) is 0 Å². The summed E-state index contributed by atoms with van der Waals surface area (Å²) in [5.41, 5.74) is 1.14. The fourth-order valence-corrected chi connectivity index (χ4v) is 4.28. The first-order valence-corrected chi connectivity index (χ1v) is 7.96. The smallest absolute Gasteiger partial charge is 0.292 e. The van der Waals surface area contributed by atoms with Crippen LogP contribution in [0.4, 0.5) is 11.4 Å². The van der Waals surface area contributed by atoms with E-state index in [1.807, 2.05) is 12.1 Å². The molecule has 2 aliphatic heterocycles. The second-order valence-electron chi connectivity index (χ2n) is 7.47. The lowest BCUT2D eigenvalue weighted by Gasteiger charge is -2.44. The van der Waals surface area contributed by atoms with Crippen LogP contribution in [0.15, 0.2) is 24.3 Å². The van der Waals surface area contributed by atoms with Gasteiger partial charge in [-0.05, 0) is 46.1 Å². The molecule has 0 unspecified atom stereocenters. The molecule has 5 heteroatoms. The lowest BCUT2D eigenvalue weighted by atomic mass is 9.72. The number of para-hydroxylation sites is 2. The first kappa shape index (κ1) is 15.3. The molecule has 2 aliphatic rings. The molecule has 0 amide bonds. The van der Waals surface area contributed by atoms with E-state index in [0.717, 1.165) is 38.1 Å². The SMILES string of the molecule is C[C@@H]1C[C@@]2(CCN1c1ccccc1[N+](=O)[O-])COC(C)(C)C2. The van der Waals surface area contributed by atoms with Gasteiger partial charge < -0.3 is 9.64 Å². The van der Waals surface area contributed by atoms with E-state index in [4.69, 9.17) is 4.74 Å². The molecular formula is C17H24N2O3. The van der Waals surface area contributed by atoms with Crippen molar-refractivity contribution in [1.29, 1.82) is 0 Å². The third kappa shape index (κ3) is 2.70. The number of nitrogens with zero attached hydrogens (tertiary/aromatic N) is 2. The monoisotopic (exact) mass is 304 g/mol. The Morgan fingerprint density at radius 1 is 1.36 bits per heavy atom. The van der Waals surface area contributed by atoms with Gasteiger partial charge in [0.2, 0.25) is 0 Å². The van der Waals surface area contributed by atoms with Gasteiger partial charge in [-0.15, -0.1) is 0 Å². The van der Waals surface area contributed by atoms with Crippen molar-refractivity contribution in [2.75, 3.05) is 18.1 Å². The topological polar surface area (TPSA) is 55.6 Å². The molecule has 0 saturated carbocycles. The van der Waals surface area contributed by atoms with E-state index in [9.17, 15) is 10.1 Å². The highest BCUT2D eigenvalue weighted by molar-refractivity contribution is 5.63. The van der Waals surface area contributed by atoms with Crippen molar-refractivity contribution in [3.63, 3.8) is 0 Å². The second kappa shape index (κ2) is 5.23. The van der Waals surface area contributed by atoms with Gasteiger partial charge in [0, 0.05) is 24.1 Å². The Balaban J connectivity index is 1.81. The molecule has 0 aromatic heterocycles. The Morgan fingerprint density at radius 3 is 2.68 bits per heavy atom. The van der Waals surface area contributed by atoms with Crippen LogP contribution in [-0.2, 0) is 4.74 Å². The number of nitro groups is 1. The number of ether oxygens (including phenoxy) is 1. The van der Waals surface area contributed by atoms with Crippen molar-refractivity contribution in [1.82, 2.24) is 0 Å². The molecule has 2 atom stereocenters. The minimum atomic E-state index is -0.284. The summed E-state index contributed by atoms with van der Waals surface area (Å²) in [5, 5.41) is 11.3. The molecule has 22 heavy (non-hydrogen) atoms. The summed E-state index contributed by atoms with van der Waals surface area (Å²) in [6, 6.07) is 7.34. The zero-order valence-corrected chi connectivity index (χ0v) is 13.5. The average molecular weight is 304 g/mol. The number of nitro benzene ring substituents is 1. The van der Waals surface area contributed by atoms with Crippen molar-refractivity contribution >= 4 is 11.4 Å². The predicted molar refractivity (Wildman–Crippen MR) is 86.2 cm³/mol. The number of benzene rings is 1. The summed E-state index contributed by atoms with van der Waals surface area (Å²) >= 11 is 0. The normalized spacial score (nSPS) is 30.7. The number of hydrogen-bond acceptors (Lipinski definition) is 4. The quantitative estimate of drug-likeness (QED) is 0.616. The van der Waals surface area contributed by atoms with E-state index < -0.39 is 0 Å². The molecule has 0 aliphatic carbocycles. The highest BCUT2D eigenvalue weighted by atomic mass is 16.6. The lowest BCUT2D eigenvalue weighted by Crippen LogP contribution is -2.46. The van der Waals surface area contributed by atoms with E-state index in [0.29, 0.717) is 0 Å². The van der Waals surface area contributed by atoms with Crippen LogP contribution in [0.1, 0.15) is 40.0 Å². The molecule has 3 rings (SSSR count). The molecule has 1 aromatic carbocycles. The lowest BCUT2D eigenvalue weighted by molar-refractivity contribution is -0.384. The Morgan fingerprint density at radius 2 is 2.09 bits per heavy atom. The average Bonchev–Trinajstić information content (AvgIpc) is 2.74. The first-order chi connectivity index (χ1) is 10.3. The number of rotatable bonds is 2. The van der Waals surface area contributed by atoms with Crippen LogP contribution in [0.5, 0.6) is 0 Å². The number of piperidine rings is 1. The van der Waals surface area contributed by atoms with Gasteiger partial charge in [0.25, 0.3) is 5.69 Å². The largest absolute Gasteiger partial charge is 0.375 e. The minimum Gasteiger partial charge on any atom is -0.375 e. The van der Waals surface area contributed by atoms with Gasteiger partial charge in [0.05, 0.1) is 17.1 Å². The third-order valence-corrected chi connectivity index (χ3v) is 5.10. The first-order valence-electron chi connectivity index (χ1n) is 7.96. The van der Waals surface area contributed by atoms with Crippen molar-refractivity contribution in [3.05, 3.63) is 34.4 Å². The van der Waals surface area contributed by atoms with Crippen LogP contribution in [0, 0.1) is 15.5 Å². The molecule has 0 radical (unpaired) electrons. The molecule has 120 valence electrons. The number of hydrogen-bond donors (Lipinski definition) is 0. The Labute approximate surface area is 131 Å². The van der Waals surface area contributed by atoms with E-state index in [2.05, 4.69) is 25.7 Å². The number of anilines is 1. The maximum absolute atomic E-state index is 11.3. The van der Waals surface area contributed by atoms with Crippen LogP contribution >= 0.6 is 0 Å². The molecule has 1 aromatic rings. The molecule has 5 nitrogen and oxygen atoms in total. The van der Waals surface area contributed by atoms with E-state index >= 15 is 0 Å². The van der Waals surface area contributed by atoms with Gasteiger partial charge in [0.15, 0.2) is 0 Å². The van der Waals surface area contributed by atoms with Gasteiger partial charge in [-0.25, -0.2) is 0 Å². The van der Waals surface area contributed by atoms with E-state index in [1.54, 1.807) is 12.1 Å². The highest BCUT2D eigenvalue weighted by Crippen LogP contribution is 2.49. The van der Waals surface area contributed by atoms with Gasteiger partial charge in [-0.1, -0.05) is 12.1 Å². The van der Waals surface area contributed by atoms with Gasteiger partial charge >= 0.3 is 0 Å². The van der Waals surface area contributed by atoms with Crippen molar-refractivity contribution in [3.8, 4) is 0 Å². The fourth-order valence-electron chi connectivity index (χ4n) is 4.28. The third-order valence-electron chi connectivity index (χ3n) is 5.10. The van der Waals surface area contributed by atoms with Crippen LogP contribution in [0.2, 0.25) is 0 Å². The second-order valence-corrected chi connectivity index (χ2v) is 7.47. The van der Waals surface area contributed by atoms with E-state index in [-0.39, 0.29) is 27.7 Å². The summed E-state index contributed by atoms with van der Waals surface area (Å²) in [7, 11) is 0. The summed E-state index contributed by atoms with van der Waals surface area (Å²) in [5.74, 6) is 0. The predicted octanol–water partition coefficient (Wildman–Crippen LogP) is 3.77. The summed E-state index contributed by atoms with van der Waals surface area (Å²) in [6.07, 6.45) is 3.14. The van der Waals surface area contributed by atoms with Crippen molar-refractivity contribution < 1.29 is 9.66 Å². The maximum Gasteiger partial charge on any atom is 0.292 e. The summed E-state index contributed by atoms with van der Waals surface area (Å²) < 4.78 is 5.96. The minimum absolute atomic E-state index is 0.0410. The molecule has 1 spiro atoms. The van der Waals surface area contributed by atoms with Crippen LogP contribution < -0.4 is 4.90 Å².